The quantitative estimate of drug-likeness (QED) is 0.0613. The number of nitrogens with one attached hydrogen (secondary N) is 2. The van der Waals surface area contributed by atoms with Crippen molar-refractivity contribution < 1.29 is 44.2 Å². The molecule has 2 atom stereocenters. The third kappa shape index (κ3) is 10.4. The molecule has 54 heavy (non-hydrogen) atoms. The summed E-state index contributed by atoms with van der Waals surface area (Å²) in [6, 6.07) is 18.1. The Hall–Kier alpha value is -4.94. The van der Waals surface area contributed by atoms with Crippen molar-refractivity contribution >= 4 is 35.1 Å². The number of nitrogens with zero attached hydrogens (tertiary/aromatic N) is 2. The molecule has 13 nitrogen and oxygen atoms in total. The van der Waals surface area contributed by atoms with E-state index in [-0.39, 0.29) is 31.4 Å². The zero-order valence-corrected chi connectivity index (χ0v) is 31.5. The standard InChI is InChI=1S/C39H42Cl2N4O9/c1-24-27(7-4-8-29(24)30-9-5-10-32(35(30)41)52-12-6-11-44-38(2,22-46)36(48)49)21-54-34-15-33(53-20-26-13-25(16-42)17-43-18-26)28(14-31(34)40)19-45-39(3,23-47)37(50)51/h4-5,7-10,13-15,17-18,44-47H,6,11-12,19-23H2,1-3H3,(H,48,49)(H,50,51)/t38-,39?/m1/s1. The van der Waals surface area contributed by atoms with E-state index < -0.39 is 36.2 Å². The lowest BCUT2D eigenvalue weighted by Crippen LogP contribution is -2.52. The van der Waals surface area contributed by atoms with Gasteiger partial charge in [0.2, 0.25) is 0 Å². The molecule has 0 radical (unpaired) electrons. The number of hydrogen-bond donors (Lipinski definition) is 6. The van der Waals surface area contributed by atoms with Gasteiger partial charge < -0.3 is 40.0 Å². The maximum absolute atomic E-state index is 11.8. The highest BCUT2D eigenvalue weighted by molar-refractivity contribution is 6.35. The Morgan fingerprint density at radius 2 is 1.50 bits per heavy atom. The van der Waals surface area contributed by atoms with Gasteiger partial charge in [0.15, 0.2) is 0 Å². The minimum absolute atomic E-state index is 0.00929. The second-order valence-electron chi connectivity index (χ2n) is 12.9. The highest BCUT2D eigenvalue weighted by atomic mass is 35.5. The van der Waals surface area contributed by atoms with E-state index in [9.17, 15) is 35.3 Å². The van der Waals surface area contributed by atoms with Crippen LogP contribution in [0.15, 0.2) is 67.0 Å². The SMILES string of the molecule is Cc1c(COc2cc(OCc3cncc(C#N)c3)c(CNC(C)(CO)C(=O)O)cc2Cl)cccc1-c1cccc(OCCCN[C@](C)(CO)C(=O)O)c1Cl. The number of aromatic nitrogens is 1. The van der Waals surface area contributed by atoms with Gasteiger partial charge in [-0.3, -0.25) is 19.9 Å². The maximum Gasteiger partial charge on any atom is 0.326 e. The molecule has 0 amide bonds. The first kappa shape index (κ1) is 41.8. The van der Waals surface area contributed by atoms with Gasteiger partial charge in [-0.05, 0) is 68.6 Å². The van der Waals surface area contributed by atoms with Crippen molar-refractivity contribution in [1.29, 1.82) is 5.26 Å². The number of aliphatic hydroxyl groups excluding tert-OH is 2. The van der Waals surface area contributed by atoms with E-state index in [2.05, 4.69) is 15.6 Å². The molecule has 1 aromatic heterocycles. The highest BCUT2D eigenvalue weighted by Gasteiger charge is 2.32. The van der Waals surface area contributed by atoms with Crippen molar-refractivity contribution in [2.24, 2.45) is 0 Å². The number of rotatable bonds is 20. The molecule has 1 heterocycles. The van der Waals surface area contributed by atoms with Crippen LogP contribution in [-0.2, 0) is 29.3 Å². The van der Waals surface area contributed by atoms with Gasteiger partial charge in [0.1, 0.15) is 47.6 Å². The molecule has 0 bridgehead atoms. The van der Waals surface area contributed by atoms with E-state index in [4.69, 9.17) is 37.4 Å². The van der Waals surface area contributed by atoms with Gasteiger partial charge in [-0.15, -0.1) is 0 Å². The van der Waals surface area contributed by atoms with Crippen LogP contribution in [0.1, 0.15) is 48.1 Å². The summed E-state index contributed by atoms with van der Waals surface area (Å²) in [6.45, 7) is 4.23. The van der Waals surface area contributed by atoms with Crippen LogP contribution in [0.3, 0.4) is 0 Å². The van der Waals surface area contributed by atoms with Gasteiger partial charge >= 0.3 is 11.9 Å². The fourth-order valence-corrected chi connectivity index (χ4v) is 5.70. The highest BCUT2D eigenvalue weighted by Crippen LogP contribution is 2.39. The Kier molecular flexibility index (Phi) is 14.6. The normalized spacial score (nSPS) is 13.3. The van der Waals surface area contributed by atoms with Crippen molar-refractivity contribution in [3.05, 3.63) is 105 Å². The van der Waals surface area contributed by atoms with Crippen molar-refractivity contribution in [2.75, 3.05) is 26.4 Å². The van der Waals surface area contributed by atoms with E-state index in [1.165, 1.54) is 20.0 Å². The van der Waals surface area contributed by atoms with Crippen LogP contribution >= 0.6 is 23.2 Å². The first-order valence-electron chi connectivity index (χ1n) is 16.9. The summed E-state index contributed by atoms with van der Waals surface area (Å²) >= 11 is 13.5. The van der Waals surface area contributed by atoms with Crippen LogP contribution in [0.5, 0.6) is 17.2 Å². The van der Waals surface area contributed by atoms with Crippen molar-refractivity contribution in [1.82, 2.24) is 15.6 Å². The molecule has 0 saturated carbocycles. The fraction of sp³-hybridized carbons (Fsp3) is 0.333. The molecule has 4 aromatic rings. The summed E-state index contributed by atoms with van der Waals surface area (Å²) in [5, 5.41) is 53.7. The molecule has 6 N–H and O–H groups in total. The van der Waals surface area contributed by atoms with Crippen LogP contribution in [0, 0.1) is 18.3 Å². The first-order chi connectivity index (χ1) is 25.7. The van der Waals surface area contributed by atoms with E-state index in [0.29, 0.717) is 51.9 Å². The van der Waals surface area contributed by atoms with Gasteiger partial charge in [-0.25, -0.2) is 0 Å². The molecule has 286 valence electrons. The van der Waals surface area contributed by atoms with E-state index in [0.717, 1.165) is 22.3 Å². The number of ether oxygens (including phenoxy) is 3. The smallest absolute Gasteiger partial charge is 0.326 e. The lowest BCUT2D eigenvalue weighted by molar-refractivity contribution is -0.146. The largest absolute Gasteiger partial charge is 0.492 e. The van der Waals surface area contributed by atoms with Gasteiger partial charge in [-0.1, -0.05) is 53.5 Å². The lowest BCUT2D eigenvalue weighted by Gasteiger charge is -2.25. The molecule has 15 heteroatoms. The number of hydrogen-bond acceptors (Lipinski definition) is 11. The number of halogens is 2. The molecule has 0 aliphatic rings. The molecule has 1 unspecified atom stereocenters. The summed E-state index contributed by atoms with van der Waals surface area (Å²) in [6.07, 6.45) is 3.48. The average molecular weight is 782 g/mol. The lowest BCUT2D eigenvalue weighted by atomic mass is 9.96. The number of nitriles is 1. The number of carbonyl (C=O) groups is 2. The predicted octanol–water partition coefficient (Wildman–Crippen LogP) is 5.51. The molecule has 0 aliphatic heterocycles. The Balaban J connectivity index is 1.52. The Labute approximate surface area is 323 Å². The summed E-state index contributed by atoms with van der Waals surface area (Å²) in [4.78, 5) is 27.3. The van der Waals surface area contributed by atoms with Gasteiger partial charge in [0, 0.05) is 41.7 Å². The number of carboxylic acid groups (broad SMARTS) is 2. The van der Waals surface area contributed by atoms with Crippen LogP contribution in [0.25, 0.3) is 11.1 Å². The maximum atomic E-state index is 11.8. The molecular weight excluding hydrogens is 739 g/mol. The number of carboxylic acids is 2. The van der Waals surface area contributed by atoms with Crippen LogP contribution < -0.4 is 24.8 Å². The second kappa shape index (κ2) is 18.9. The van der Waals surface area contributed by atoms with Crippen LogP contribution in [-0.4, -0.2) is 74.8 Å². The fourth-order valence-electron chi connectivity index (χ4n) is 5.17. The minimum atomic E-state index is -1.62. The number of aliphatic hydroxyl groups is 2. The molecule has 0 fully saturated rings. The van der Waals surface area contributed by atoms with Gasteiger partial charge in [0.05, 0.1) is 35.4 Å². The van der Waals surface area contributed by atoms with Gasteiger partial charge in [0.25, 0.3) is 0 Å². The Bertz CT molecular complexity index is 2010. The number of aliphatic carboxylic acids is 2. The van der Waals surface area contributed by atoms with Crippen molar-refractivity contribution in [2.45, 2.75) is 58.0 Å². The van der Waals surface area contributed by atoms with Crippen molar-refractivity contribution in [3.8, 4) is 34.4 Å². The summed E-state index contributed by atoms with van der Waals surface area (Å²) in [7, 11) is 0. The Morgan fingerprint density at radius 3 is 2.19 bits per heavy atom. The third-order valence-corrected chi connectivity index (χ3v) is 9.54. The second-order valence-corrected chi connectivity index (χ2v) is 13.7. The molecule has 0 saturated heterocycles. The van der Waals surface area contributed by atoms with E-state index in [1.807, 2.05) is 43.3 Å². The average Bonchev–Trinajstić information content (AvgIpc) is 3.16. The first-order valence-corrected chi connectivity index (χ1v) is 17.6. The number of benzene rings is 3. The van der Waals surface area contributed by atoms with Crippen molar-refractivity contribution in [3.63, 3.8) is 0 Å². The molecule has 3 aromatic carbocycles. The zero-order valence-electron chi connectivity index (χ0n) is 30.0. The predicted molar refractivity (Wildman–Crippen MR) is 202 cm³/mol. The van der Waals surface area contributed by atoms with E-state index in [1.54, 1.807) is 30.5 Å². The summed E-state index contributed by atoms with van der Waals surface area (Å²) in [5.41, 5.74) is 1.77. The van der Waals surface area contributed by atoms with Crippen LogP contribution in [0.4, 0.5) is 0 Å². The third-order valence-electron chi connectivity index (χ3n) is 8.86. The Morgan fingerprint density at radius 1 is 0.833 bits per heavy atom. The topological polar surface area (TPSA) is 203 Å². The molecule has 0 aliphatic carbocycles. The van der Waals surface area contributed by atoms with Crippen LogP contribution in [0.2, 0.25) is 10.0 Å². The number of pyridine rings is 1. The van der Waals surface area contributed by atoms with Gasteiger partial charge in [-0.2, -0.15) is 5.26 Å². The summed E-state index contributed by atoms with van der Waals surface area (Å²) in [5.74, 6) is -1.27. The summed E-state index contributed by atoms with van der Waals surface area (Å²) < 4.78 is 18.3. The monoisotopic (exact) mass is 780 g/mol. The molecule has 4 rings (SSSR count). The zero-order chi connectivity index (χ0) is 39.5. The van der Waals surface area contributed by atoms with E-state index >= 15 is 0 Å². The molecule has 0 spiro atoms. The minimum Gasteiger partial charge on any atom is -0.492 e. The molecular formula is C39H42Cl2N4O9.